The molecule has 0 saturated carbocycles. The smallest absolute Gasteiger partial charge is 0.229 e. The van der Waals surface area contributed by atoms with Crippen molar-refractivity contribution in [2.75, 3.05) is 17.3 Å². The predicted molar refractivity (Wildman–Crippen MR) is 109 cm³/mol. The molecule has 0 amide bonds. The van der Waals surface area contributed by atoms with Gasteiger partial charge in [0.2, 0.25) is 5.95 Å². The number of fused-ring (bicyclic) bond motifs is 1. The maximum atomic E-state index is 4.74. The van der Waals surface area contributed by atoms with Gasteiger partial charge >= 0.3 is 0 Å². The monoisotopic (exact) mass is 358 g/mol. The van der Waals surface area contributed by atoms with E-state index < -0.39 is 0 Å². The van der Waals surface area contributed by atoms with Crippen LogP contribution in [-0.2, 0) is 6.54 Å². The van der Waals surface area contributed by atoms with Crippen LogP contribution in [0.5, 0.6) is 0 Å². The zero-order valence-electron chi connectivity index (χ0n) is 15.7. The first kappa shape index (κ1) is 17.0. The lowest BCUT2D eigenvalue weighted by Crippen LogP contribution is -2.19. The van der Waals surface area contributed by atoms with Crippen LogP contribution in [0.1, 0.15) is 16.7 Å². The third-order valence-electron chi connectivity index (χ3n) is 4.64. The molecule has 2 heterocycles. The van der Waals surface area contributed by atoms with Crippen molar-refractivity contribution in [3.05, 3.63) is 71.5 Å². The van der Waals surface area contributed by atoms with Crippen LogP contribution >= 0.6 is 0 Å². The van der Waals surface area contributed by atoms with Crippen LogP contribution in [0.2, 0.25) is 0 Å². The van der Waals surface area contributed by atoms with Gasteiger partial charge in [-0.1, -0.05) is 36.4 Å². The average molecular weight is 358 g/mol. The predicted octanol–water partition coefficient (Wildman–Crippen LogP) is 4.35. The van der Waals surface area contributed by atoms with Crippen LogP contribution in [-0.4, -0.2) is 27.0 Å². The highest BCUT2D eigenvalue weighted by molar-refractivity contribution is 5.86. The Morgan fingerprint density at radius 2 is 1.81 bits per heavy atom. The van der Waals surface area contributed by atoms with Crippen molar-refractivity contribution in [2.45, 2.75) is 20.4 Å². The summed E-state index contributed by atoms with van der Waals surface area (Å²) in [4.78, 5) is 18.8. The van der Waals surface area contributed by atoms with Crippen molar-refractivity contribution in [2.24, 2.45) is 0 Å². The first-order valence-electron chi connectivity index (χ1n) is 8.90. The fraction of sp³-hybridized carbons (Fsp3) is 0.190. The molecule has 0 fully saturated rings. The first-order chi connectivity index (χ1) is 13.1. The Labute approximate surface area is 158 Å². The lowest BCUT2D eigenvalue weighted by atomic mass is 10.1. The summed E-state index contributed by atoms with van der Waals surface area (Å²) in [5.41, 5.74) is 6.22. The number of hydrogen-bond acceptors (Lipinski definition) is 5. The maximum Gasteiger partial charge on any atom is 0.229 e. The molecule has 0 spiro atoms. The number of aromatic nitrogens is 4. The van der Waals surface area contributed by atoms with Gasteiger partial charge in [-0.3, -0.25) is 0 Å². The molecule has 2 aromatic heterocycles. The first-order valence-corrected chi connectivity index (χ1v) is 8.90. The second kappa shape index (κ2) is 7.07. The molecule has 2 aromatic carbocycles. The highest BCUT2D eigenvalue weighted by Gasteiger charge is 2.14. The summed E-state index contributed by atoms with van der Waals surface area (Å²) in [5.74, 6) is 1.34. The fourth-order valence-corrected chi connectivity index (χ4v) is 2.99. The van der Waals surface area contributed by atoms with Gasteiger partial charge < -0.3 is 15.2 Å². The van der Waals surface area contributed by atoms with E-state index in [2.05, 4.69) is 52.3 Å². The van der Waals surface area contributed by atoms with E-state index in [4.69, 9.17) is 4.98 Å². The molecule has 6 heteroatoms. The van der Waals surface area contributed by atoms with Gasteiger partial charge in [-0.2, -0.15) is 9.97 Å². The zero-order chi connectivity index (χ0) is 18.8. The van der Waals surface area contributed by atoms with Gasteiger partial charge in [0.1, 0.15) is 5.52 Å². The second-order valence-corrected chi connectivity index (χ2v) is 6.74. The lowest BCUT2D eigenvalue weighted by Gasteiger charge is -2.19. The van der Waals surface area contributed by atoms with Crippen molar-refractivity contribution < 1.29 is 0 Å². The number of imidazole rings is 1. The number of para-hydroxylation sites is 1. The van der Waals surface area contributed by atoms with Gasteiger partial charge in [-0.05, 0) is 42.7 Å². The Hall–Kier alpha value is -3.41. The third-order valence-corrected chi connectivity index (χ3v) is 4.64. The summed E-state index contributed by atoms with van der Waals surface area (Å²) >= 11 is 0. The number of anilines is 3. The Morgan fingerprint density at radius 1 is 1.00 bits per heavy atom. The molecule has 0 saturated heterocycles. The zero-order valence-corrected chi connectivity index (χ0v) is 15.7. The molecule has 0 atom stereocenters. The minimum Gasteiger partial charge on any atom is -0.340 e. The number of nitrogens with one attached hydrogen (secondary N) is 2. The van der Waals surface area contributed by atoms with Crippen LogP contribution in [0.4, 0.5) is 17.5 Å². The van der Waals surface area contributed by atoms with Crippen LogP contribution in [0.3, 0.4) is 0 Å². The molecule has 0 radical (unpaired) electrons. The van der Waals surface area contributed by atoms with Gasteiger partial charge in [0.05, 0.1) is 6.33 Å². The molecule has 136 valence electrons. The molecular formula is C21H22N6. The van der Waals surface area contributed by atoms with Gasteiger partial charge in [0.15, 0.2) is 11.5 Å². The largest absolute Gasteiger partial charge is 0.340 e. The summed E-state index contributed by atoms with van der Waals surface area (Å²) < 4.78 is 0. The van der Waals surface area contributed by atoms with Crippen molar-refractivity contribution in [1.29, 1.82) is 0 Å². The van der Waals surface area contributed by atoms with E-state index in [1.54, 1.807) is 6.33 Å². The summed E-state index contributed by atoms with van der Waals surface area (Å²) in [5, 5.41) is 3.36. The Bertz CT molecular complexity index is 1070. The van der Waals surface area contributed by atoms with Gasteiger partial charge in [0, 0.05) is 19.3 Å². The van der Waals surface area contributed by atoms with Crippen LogP contribution < -0.4 is 10.2 Å². The third kappa shape index (κ3) is 3.60. The van der Waals surface area contributed by atoms with Crippen molar-refractivity contribution in [3.8, 4) is 0 Å². The molecule has 0 aliphatic rings. The lowest BCUT2D eigenvalue weighted by molar-refractivity contribution is 0.871. The molecule has 4 rings (SSSR count). The highest BCUT2D eigenvalue weighted by Crippen LogP contribution is 2.24. The van der Waals surface area contributed by atoms with Gasteiger partial charge in [-0.15, -0.1) is 0 Å². The van der Waals surface area contributed by atoms with Crippen molar-refractivity contribution in [3.63, 3.8) is 0 Å². The molecule has 0 unspecified atom stereocenters. The molecule has 27 heavy (non-hydrogen) atoms. The number of rotatable bonds is 5. The van der Waals surface area contributed by atoms with E-state index in [1.165, 1.54) is 16.7 Å². The van der Waals surface area contributed by atoms with E-state index in [-0.39, 0.29) is 0 Å². The summed E-state index contributed by atoms with van der Waals surface area (Å²) in [7, 11) is 2.00. The van der Waals surface area contributed by atoms with E-state index in [9.17, 15) is 0 Å². The molecule has 4 aromatic rings. The highest BCUT2D eigenvalue weighted by atomic mass is 15.3. The topological polar surface area (TPSA) is 69.7 Å². The summed E-state index contributed by atoms with van der Waals surface area (Å²) in [6, 6.07) is 16.5. The maximum absolute atomic E-state index is 4.74. The molecule has 6 nitrogen and oxygen atoms in total. The molecule has 0 aliphatic carbocycles. The molecule has 0 aliphatic heterocycles. The van der Waals surface area contributed by atoms with Gasteiger partial charge in [-0.25, -0.2) is 4.98 Å². The summed E-state index contributed by atoms with van der Waals surface area (Å²) in [6.07, 6.45) is 1.64. The minimum absolute atomic E-state index is 0.631. The second-order valence-electron chi connectivity index (χ2n) is 6.74. The number of benzene rings is 2. The van der Waals surface area contributed by atoms with Gasteiger partial charge in [0.25, 0.3) is 0 Å². The quantitative estimate of drug-likeness (QED) is 0.555. The molecule has 2 N–H and O–H groups in total. The Kier molecular flexibility index (Phi) is 4.46. The number of nitrogens with zero attached hydrogens (tertiary/aromatic N) is 4. The van der Waals surface area contributed by atoms with Crippen molar-refractivity contribution in [1.82, 2.24) is 19.9 Å². The number of aryl methyl sites for hydroxylation is 2. The van der Waals surface area contributed by atoms with E-state index in [0.29, 0.717) is 17.4 Å². The van der Waals surface area contributed by atoms with E-state index in [0.717, 1.165) is 17.7 Å². The average Bonchev–Trinajstić information content (AvgIpc) is 3.14. The number of H-pyrrole nitrogens is 1. The summed E-state index contributed by atoms with van der Waals surface area (Å²) in [6.45, 7) is 4.98. The Morgan fingerprint density at radius 3 is 2.59 bits per heavy atom. The fourth-order valence-electron chi connectivity index (χ4n) is 2.99. The normalized spacial score (nSPS) is 10.9. The number of hydrogen-bond donors (Lipinski definition) is 2. The molecular weight excluding hydrogens is 336 g/mol. The SMILES string of the molecule is Cc1ccc(CN(C)c2nc(Nc3ccccc3)c3[nH]cnc3n2)cc1C. The molecule has 0 bridgehead atoms. The standard InChI is InChI=1S/C21H22N6/c1-14-9-10-16(11-15(14)2)12-27(3)21-25-19-18(22-13-23-19)20(26-21)24-17-7-5-4-6-8-17/h4-11,13H,12H2,1-3H3,(H2,22,23,24,25,26). The van der Waals surface area contributed by atoms with E-state index in [1.807, 2.05) is 42.3 Å². The van der Waals surface area contributed by atoms with Crippen LogP contribution in [0.15, 0.2) is 54.9 Å². The van der Waals surface area contributed by atoms with E-state index >= 15 is 0 Å². The van der Waals surface area contributed by atoms with Crippen LogP contribution in [0, 0.1) is 13.8 Å². The van der Waals surface area contributed by atoms with Crippen LogP contribution in [0.25, 0.3) is 11.2 Å². The minimum atomic E-state index is 0.631. The van der Waals surface area contributed by atoms with Crippen molar-refractivity contribution >= 4 is 28.6 Å². The number of aromatic amines is 1. The Balaban J connectivity index is 1.65.